The van der Waals surface area contributed by atoms with E-state index >= 15 is 0 Å². The summed E-state index contributed by atoms with van der Waals surface area (Å²) in [6, 6.07) is 6.27. The molecule has 0 radical (unpaired) electrons. The van der Waals surface area contributed by atoms with Crippen molar-refractivity contribution in [1.82, 2.24) is 4.90 Å². The van der Waals surface area contributed by atoms with Crippen LogP contribution in [0, 0.1) is 0 Å². The molecule has 1 aromatic rings. The first-order valence-corrected chi connectivity index (χ1v) is 6.77. The number of carbonyl (C=O) groups is 1. The van der Waals surface area contributed by atoms with Gasteiger partial charge in [-0.1, -0.05) is 6.07 Å². The highest BCUT2D eigenvalue weighted by molar-refractivity contribution is 5.97. The molecule has 4 N–H and O–H groups in total. The van der Waals surface area contributed by atoms with Gasteiger partial charge in [-0.3, -0.25) is 4.90 Å². The maximum Gasteiger partial charge on any atom is 0.337 e. The van der Waals surface area contributed by atoms with E-state index in [0.29, 0.717) is 11.7 Å². The van der Waals surface area contributed by atoms with E-state index in [0.717, 1.165) is 31.2 Å². The van der Waals surface area contributed by atoms with Gasteiger partial charge in [0.05, 0.1) is 16.9 Å². The summed E-state index contributed by atoms with van der Waals surface area (Å²) >= 11 is 0. The van der Waals surface area contributed by atoms with Crippen molar-refractivity contribution in [2.75, 3.05) is 24.1 Å². The molecule has 1 aromatic carbocycles. The smallest absolute Gasteiger partial charge is 0.337 e. The van der Waals surface area contributed by atoms with Crippen LogP contribution in [0.25, 0.3) is 0 Å². The number of nitrogens with zero attached hydrogens (tertiary/aromatic N) is 1. The first kappa shape index (κ1) is 12.3. The predicted molar refractivity (Wildman–Crippen MR) is 74.4 cm³/mol. The van der Waals surface area contributed by atoms with Crippen molar-refractivity contribution < 1.29 is 9.90 Å². The molecule has 1 saturated heterocycles. The number of para-hydroxylation sites is 1. The van der Waals surface area contributed by atoms with Crippen LogP contribution in [0.4, 0.5) is 11.4 Å². The van der Waals surface area contributed by atoms with Crippen molar-refractivity contribution in [3.8, 4) is 0 Å². The molecule has 2 aliphatic rings. The molecule has 0 amide bonds. The van der Waals surface area contributed by atoms with E-state index < -0.39 is 5.97 Å². The first-order chi connectivity index (χ1) is 9.15. The Morgan fingerprint density at radius 2 is 2.16 bits per heavy atom. The Morgan fingerprint density at radius 1 is 1.37 bits per heavy atom. The molecule has 1 aliphatic carbocycles. The molecule has 1 unspecified atom stereocenters. The van der Waals surface area contributed by atoms with E-state index in [1.165, 1.54) is 18.9 Å². The van der Waals surface area contributed by atoms with Crippen LogP contribution in [-0.2, 0) is 0 Å². The van der Waals surface area contributed by atoms with Gasteiger partial charge in [-0.2, -0.15) is 0 Å². The van der Waals surface area contributed by atoms with Gasteiger partial charge < -0.3 is 16.2 Å². The summed E-state index contributed by atoms with van der Waals surface area (Å²) < 4.78 is 0. The average molecular weight is 261 g/mol. The minimum atomic E-state index is -0.979. The van der Waals surface area contributed by atoms with Crippen molar-refractivity contribution in [1.29, 1.82) is 0 Å². The zero-order valence-electron chi connectivity index (χ0n) is 10.8. The van der Waals surface area contributed by atoms with Crippen LogP contribution in [0.3, 0.4) is 0 Å². The van der Waals surface area contributed by atoms with Gasteiger partial charge in [-0.05, 0) is 31.4 Å². The summed E-state index contributed by atoms with van der Waals surface area (Å²) in [5, 5.41) is 12.4. The molecule has 2 fully saturated rings. The lowest BCUT2D eigenvalue weighted by molar-refractivity contribution is 0.0698. The van der Waals surface area contributed by atoms with Gasteiger partial charge in [0.15, 0.2) is 0 Å². The number of benzene rings is 1. The minimum Gasteiger partial charge on any atom is -0.478 e. The summed E-state index contributed by atoms with van der Waals surface area (Å²) in [5.74, 6) is -0.979. The fraction of sp³-hybridized carbons (Fsp3) is 0.500. The van der Waals surface area contributed by atoms with E-state index in [1.807, 2.05) is 6.07 Å². The van der Waals surface area contributed by atoms with Crippen LogP contribution in [0.15, 0.2) is 18.2 Å². The number of likely N-dealkylation sites (tertiary alicyclic amines) is 1. The Morgan fingerprint density at radius 3 is 2.84 bits per heavy atom. The van der Waals surface area contributed by atoms with Crippen LogP contribution in [0.1, 0.15) is 29.6 Å². The number of aromatic carboxylic acids is 1. The molecule has 1 heterocycles. The van der Waals surface area contributed by atoms with Crippen LogP contribution < -0.4 is 11.1 Å². The molecule has 1 atom stereocenters. The number of rotatable bonds is 4. The molecule has 5 nitrogen and oxygen atoms in total. The Kier molecular flexibility index (Phi) is 3.06. The SMILES string of the molecule is Nc1c(NC2CCN(C3CC3)C2)cccc1C(=O)O. The zero-order chi connectivity index (χ0) is 13.4. The average Bonchev–Trinajstić information content (AvgIpc) is 3.12. The van der Waals surface area contributed by atoms with Crippen LogP contribution in [0.5, 0.6) is 0 Å². The first-order valence-electron chi connectivity index (χ1n) is 6.77. The standard InChI is InChI=1S/C14H19N3O2/c15-13-11(14(18)19)2-1-3-12(13)16-9-6-7-17(8-9)10-4-5-10/h1-3,9-10,16H,4-8,15H2,(H,18,19). The van der Waals surface area contributed by atoms with Gasteiger partial charge in [-0.25, -0.2) is 4.79 Å². The van der Waals surface area contributed by atoms with Gasteiger partial charge in [-0.15, -0.1) is 0 Å². The highest BCUT2D eigenvalue weighted by Gasteiger charge is 2.34. The molecule has 3 rings (SSSR count). The van der Waals surface area contributed by atoms with Crippen LogP contribution >= 0.6 is 0 Å². The van der Waals surface area contributed by atoms with E-state index in [1.54, 1.807) is 6.07 Å². The lowest BCUT2D eigenvalue weighted by Crippen LogP contribution is -2.28. The molecular weight excluding hydrogens is 242 g/mol. The van der Waals surface area contributed by atoms with Crippen molar-refractivity contribution >= 4 is 17.3 Å². The predicted octanol–water partition coefficient (Wildman–Crippen LogP) is 1.62. The van der Waals surface area contributed by atoms with E-state index in [2.05, 4.69) is 10.2 Å². The minimum absolute atomic E-state index is 0.169. The molecule has 0 spiro atoms. The monoisotopic (exact) mass is 261 g/mol. The summed E-state index contributed by atoms with van der Waals surface area (Å²) in [5.41, 5.74) is 7.15. The number of nitrogen functional groups attached to an aromatic ring is 1. The second-order valence-corrected chi connectivity index (χ2v) is 5.43. The quantitative estimate of drug-likeness (QED) is 0.718. The van der Waals surface area contributed by atoms with Crippen molar-refractivity contribution in [2.24, 2.45) is 0 Å². The van der Waals surface area contributed by atoms with Crippen LogP contribution in [0.2, 0.25) is 0 Å². The van der Waals surface area contributed by atoms with Gasteiger partial charge in [0.25, 0.3) is 0 Å². The number of carboxylic acid groups (broad SMARTS) is 1. The Balaban J connectivity index is 1.69. The highest BCUT2D eigenvalue weighted by atomic mass is 16.4. The van der Waals surface area contributed by atoms with Crippen molar-refractivity contribution in [2.45, 2.75) is 31.3 Å². The second-order valence-electron chi connectivity index (χ2n) is 5.43. The number of carboxylic acids is 1. The number of hydrogen-bond acceptors (Lipinski definition) is 4. The highest BCUT2D eigenvalue weighted by Crippen LogP contribution is 2.31. The van der Waals surface area contributed by atoms with Gasteiger partial charge in [0, 0.05) is 25.2 Å². The molecule has 0 aromatic heterocycles. The van der Waals surface area contributed by atoms with Crippen molar-refractivity contribution in [3.63, 3.8) is 0 Å². The summed E-state index contributed by atoms with van der Waals surface area (Å²) in [7, 11) is 0. The lowest BCUT2D eigenvalue weighted by atomic mass is 10.1. The molecule has 1 saturated carbocycles. The third-order valence-electron chi connectivity index (χ3n) is 3.98. The van der Waals surface area contributed by atoms with E-state index in [4.69, 9.17) is 10.8 Å². The zero-order valence-corrected chi connectivity index (χ0v) is 10.8. The molecule has 5 heteroatoms. The summed E-state index contributed by atoms with van der Waals surface area (Å²) in [4.78, 5) is 13.6. The number of anilines is 2. The molecule has 102 valence electrons. The van der Waals surface area contributed by atoms with E-state index in [-0.39, 0.29) is 5.56 Å². The Hall–Kier alpha value is -1.75. The van der Waals surface area contributed by atoms with E-state index in [9.17, 15) is 4.79 Å². The maximum absolute atomic E-state index is 11.0. The second kappa shape index (κ2) is 4.74. The largest absolute Gasteiger partial charge is 0.478 e. The molecule has 19 heavy (non-hydrogen) atoms. The topological polar surface area (TPSA) is 78.6 Å². The van der Waals surface area contributed by atoms with Gasteiger partial charge >= 0.3 is 5.97 Å². The Labute approximate surface area is 112 Å². The summed E-state index contributed by atoms with van der Waals surface area (Å²) in [6.45, 7) is 2.16. The number of nitrogens with two attached hydrogens (primary N) is 1. The summed E-state index contributed by atoms with van der Waals surface area (Å²) in [6.07, 6.45) is 3.74. The van der Waals surface area contributed by atoms with Gasteiger partial charge in [0.2, 0.25) is 0 Å². The lowest BCUT2D eigenvalue weighted by Gasteiger charge is -2.18. The fourth-order valence-corrected chi connectivity index (χ4v) is 2.77. The molecule has 0 bridgehead atoms. The fourth-order valence-electron chi connectivity index (χ4n) is 2.77. The van der Waals surface area contributed by atoms with Crippen LogP contribution in [-0.4, -0.2) is 41.1 Å². The third-order valence-corrected chi connectivity index (χ3v) is 3.98. The molecular formula is C14H19N3O2. The third kappa shape index (κ3) is 2.51. The number of hydrogen-bond donors (Lipinski definition) is 3. The maximum atomic E-state index is 11.0. The molecule has 1 aliphatic heterocycles. The normalized spacial score (nSPS) is 23.5. The Bertz CT molecular complexity index is 499. The van der Waals surface area contributed by atoms with Crippen molar-refractivity contribution in [3.05, 3.63) is 23.8 Å². The number of nitrogens with one attached hydrogen (secondary N) is 1. The van der Waals surface area contributed by atoms with Gasteiger partial charge in [0.1, 0.15) is 0 Å².